The predicted octanol–water partition coefficient (Wildman–Crippen LogP) is 11.5. The molecule has 0 radical (unpaired) electrons. The van der Waals surface area contributed by atoms with Gasteiger partial charge in [0, 0.05) is 22.5 Å². The first kappa shape index (κ1) is 30.7. The van der Waals surface area contributed by atoms with Gasteiger partial charge in [-0.25, -0.2) is 9.97 Å². The Balaban J connectivity index is 1.33. The van der Waals surface area contributed by atoms with Gasteiger partial charge >= 0.3 is 0 Å². The van der Waals surface area contributed by atoms with Crippen LogP contribution >= 0.6 is 0 Å². The average Bonchev–Trinajstić information content (AvgIpc) is 3.87. The number of rotatable bonds is 4. The Hall–Kier alpha value is -6.90. The van der Waals surface area contributed by atoms with Crippen molar-refractivity contribution in [2.24, 2.45) is 0 Å². The van der Waals surface area contributed by atoms with Gasteiger partial charge in [0.2, 0.25) is 11.8 Å². The highest BCUT2D eigenvalue weighted by atomic mass is 28.3. The second-order valence-corrected chi connectivity index (χ2v) is 18.5. The Bertz CT molecular complexity index is 2730. The highest BCUT2D eigenvalue weighted by molar-refractivity contribution is 7.02. The number of para-hydroxylation sites is 6. The van der Waals surface area contributed by atoms with Gasteiger partial charge < -0.3 is 18.5 Å². The molecule has 0 atom stereocenters. The third kappa shape index (κ3) is 4.40. The van der Waals surface area contributed by atoms with Crippen molar-refractivity contribution < 1.29 is 13.6 Å². The first-order valence-corrected chi connectivity index (χ1v) is 21.1. The van der Waals surface area contributed by atoms with Gasteiger partial charge in [0.05, 0.1) is 11.4 Å². The van der Waals surface area contributed by atoms with Gasteiger partial charge in [-0.1, -0.05) is 110 Å². The lowest BCUT2D eigenvalue weighted by Crippen LogP contribution is -2.58. The van der Waals surface area contributed by atoms with Crippen molar-refractivity contribution in [3.8, 4) is 34.4 Å². The van der Waals surface area contributed by atoms with Crippen molar-refractivity contribution in [1.82, 2.24) is 9.97 Å². The molecular weight excluding hydrogens is 685 g/mol. The van der Waals surface area contributed by atoms with Crippen LogP contribution in [-0.2, 0) is 0 Å². The largest absolute Gasteiger partial charge is 0.453 e. The fraction of sp³-hybridized carbons (Fsp3) is 0.0435. The van der Waals surface area contributed by atoms with Crippen molar-refractivity contribution in [2.75, 3.05) is 9.80 Å². The Morgan fingerprint density at radius 3 is 1.26 bits per heavy atom. The van der Waals surface area contributed by atoms with E-state index in [0.717, 1.165) is 56.8 Å². The van der Waals surface area contributed by atoms with E-state index in [0.29, 0.717) is 34.0 Å². The maximum absolute atomic E-state index is 7.07. The van der Waals surface area contributed by atoms with Crippen LogP contribution in [0.4, 0.5) is 34.1 Å². The van der Waals surface area contributed by atoms with E-state index in [1.165, 1.54) is 10.4 Å². The van der Waals surface area contributed by atoms with E-state index in [-0.39, 0.29) is 0 Å². The second kappa shape index (κ2) is 11.5. The summed E-state index contributed by atoms with van der Waals surface area (Å²) in [4.78, 5) is 15.3. The molecule has 0 amide bonds. The molecule has 54 heavy (non-hydrogen) atoms. The highest BCUT2D eigenvalue weighted by Gasteiger charge is 2.42. The minimum Gasteiger partial charge on any atom is -0.453 e. The normalized spacial score (nSPS) is 14.0. The van der Waals surface area contributed by atoms with E-state index in [4.69, 9.17) is 23.5 Å². The Morgan fingerprint density at radius 1 is 0.426 bits per heavy atom. The lowest BCUT2D eigenvalue weighted by atomic mass is 10.1. The molecule has 2 aliphatic rings. The van der Waals surface area contributed by atoms with Crippen molar-refractivity contribution in [2.45, 2.75) is 13.1 Å². The molecule has 9 aromatic rings. The second-order valence-electron chi connectivity index (χ2n) is 14.2. The maximum Gasteiger partial charge on any atom is 0.227 e. The molecule has 0 spiro atoms. The SMILES string of the molecule is C[Si]1(C)c2ccccc2N(c2c3nc(-c4ccccc4)oc3c(N3c4ccccc4Oc4ccccc43)c3nc(-c4ccccc4)oc23)c2ccccc21. The first-order chi connectivity index (χ1) is 26.6. The van der Waals surface area contributed by atoms with Crippen LogP contribution in [0.1, 0.15) is 0 Å². The summed E-state index contributed by atoms with van der Waals surface area (Å²) in [5.41, 5.74) is 9.68. The molecule has 0 unspecified atom stereocenters. The minimum atomic E-state index is -2.11. The van der Waals surface area contributed by atoms with Gasteiger partial charge in [-0.05, 0) is 71.0 Å². The Kier molecular flexibility index (Phi) is 6.57. The van der Waals surface area contributed by atoms with E-state index in [1.54, 1.807) is 0 Å². The van der Waals surface area contributed by atoms with Gasteiger partial charge in [-0.3, -0.25) is 4.90 Å². The summed E-state index contributed by atoms with van der Waals surface area (Å²) in [7, 11) is -2.11. The van der Waals surface area contributed by atoms with Gasteiger partial charge in [-0.2, -0.15) is 0 Å². The van der Waals surface area contributed by atoms with Crippen LogP contribution in [0, 0.1) is 0 Å². The predicted molar refractivity (Wildman–Crippen MR) is 219 cm³/mol. The molecule has 11 rings (SSSR count). The lowest BCUT2D eigenvalue weighted by Gasteiger charge is -2.41. The maximum atomic E-state index is 7.07. The monoisotopic (exact) mass is 716 g/mol. The summed E-state index contributed by atoms with van der Waals surface area (Å²) in [6.07, 6.45) is 0. The number of benzene rings is 7. The van der Waals surface area contributed by atoms with Crippen LogP contribution in [0.15, 0.2) is 167 Å². The average molecular weight is 717 g/mol. The molecule has 4 heterocycles. The molecule has 0 fully saturated rings. The van der Waals surface area contributed by atoms with Gasteiger partial charge in [0.15, 0.2) is 22.7 Å². The number of aromatic nitrogens is 2. The first-order valence-electron chi connectivity index (χ1n) is 18.1. The summed E-state index contributed by atoms with van der Waals surface area (Å²) in [5, 5.41) is 2.67. The van der Waals surface area contributed by atoms with Gasteiger partial charge in [0.25, 0.3) is 0 Å². The van der Waals surface area contributed by atoms with Crippen LogP contribution < -0.4 is 24.9 Å². The molecule has 0 saturated carbocycles. The van der Waals surface area contributed by atoms with Gasteiger partial charge in [0.1, 0.15) is 30.5 Å². The molecule has 0 N–H and O–H groups in total. The molecule has 258 valence electrons. The standard InChI is InChI=1S/C46H32N4O3Si/c1-54(2)37-27-15-11-23-33(37)50(34-24-12-16-28-38(34)54)42-40-43(52-46(48-40)30-19-7-4-8-20-30)41(39-44(42)53-45(47-39)29-17-5-3-6-18-29)49-31-21-9-13-25-35(31)51-36-26-14-10-22-32(36)49/h3-28H,1-2H3. The number of oxazole rings is 2. The van der Waals surface area contributed by atoms with Crippen molar-refractivity contribution in [3.63, 3.8) is 0 Å². The van der Waals surface area contributed by atoms with Gasteiger partial charge in [-0.15, -0.1) is 0 Å². The molecule has 8 heteroatoms. The molecular formula is C46H32N4O3Si. The number of hydrogen-bond donors (Lipinski definition) is 0. The quantitative estimate of drug-likeness (QED) is 0.168. The summed E-state index contributed by atoms with van der Waals surface area (Å²) in [6.45, 7) is 4.85. The van der Waals surface area contributed by atoms with Crippen LogP contribution in [0.25, 0.3) is 45.1 Å². The molecule has 2 aromatic heterocycles. The van der Waals surface area contributed by atoms with E-state index in [9.17, 15) is 0 Å². The van der Waals surface area contributed by atoms with Crippen LogP contribution in [0.2, 0.25) is 13.1 Å². The van der Waals surface area contributed by atoms with Crippen LogP contribution in [-0.4, -0.2) is 18.0 Å². The summed E-state index contributed by atoms with van der Waals surface area (Å²) < 4.78 is 20.6. The third-order valence-electron chi connectivity index (χ3n) is 10.7. The number of anilines is 6. The lowest BCUT2D eigenvalue weighted by molar-refractivity contribution is 0.477. The number of hydrogen-bond acceptors (Lipinski definition) is 7. The summed E-state index contributed by atoms with van der Waals surface area (Å²) >= 11 is 0. The molecule has 7 aromatic carbocycles. The zero-order valence-corrected chi connectivity index (χ0v) is 30.5. The fourth-order valence-corrected chi connectivity index (χ4v) is 11.2. The molecule has 0 bridgehead atoms. The zero-order valence-electron chi connectivity index (χ0n) is 29.5. The van der Waals surface area contributed by atoms with Crippen molar-refractivity contribution in [3.05, 3.63) is 158 Å². The topological polar surface area (TPSA) is 67.8 Å². The zero-order chi connectivity index (χ0) is 36.0. The third-order valence-corrected chi connectivity index (χ3v) is 14.2. The smallest absolute Gasteiger partial charge is 0.227 e. The molecule has 7 nitrogen and oxygen atoms in total. The van der Waals surface area contributed by atoms with Crippen molar-refractivity contribution >= 4 is 74.8 Å². The Morgan fingerprint density at radius 2 is 0.796 bits per heavy atom. The minimum absolute atomic E-state index is 0.507. The molecule has 0 saturated heterocycles. The van der Waals surface area contributed by atoms with E-state index in [2.05, 4.69) is 83.6 Å². The molecule has 0 aliphatic carbocycles. The number of fused-ring (bicyclic) bond motifs is 6. The van der Waals surface area contributed by atoms with E-state index in [1.807, 2.05) is 97.1 Å². The summed E-state index contributed by atoms with van der Waals surface area (Å²) in [5.74, 6) is 2.46. The Labute approximate surface area is 312 Å². The van der Waals surface area contributed by atoms with Crippen LogP contribution in [0.3, 0.4) is 0 Å². The number of ether oxygens (including phenoxy) is 1. The highest BCUT2D eigenvalue weighted by Crippen LogP contribution is 2.57. The van der Waals surface area contributed by atoms with E-state index >= 15 is 0 Å². The molecule has 2 aliphatic heterocycles. The van der Waals surface area contributed by atoms with E-state index < -0.39 is 8.07 Å². The number of nitrogens with zero attached hydrogens (tertiary/aromatic N) is 4. The fourth-order valence-electron chi connectivity index (χ4n) is 8.18. The van der Waals surface area contributed by atoms with Crippen LogP contribution in [0.5, 0.6) is 11.5 Å². The summed E-state index contributed by atoms with van der Waals surface area (Å²) in [6, 6.07) is 53.8. The van der Waals surface area contributed by atoms with Crippen molar-refractivity contribution in [1.29, 1.82) is 0 Å².